The number of aryl methyl sites for hydroxylation is 1. The van der Waals surface area contributed by atoms with Gasteiger partial charge in [-0.2, -0.15) is 4.39 Å². The van der Waals surface area contributed by atoms with Gasteiger partial charge in [-0.25, -0.2) is 13.8 Å². The van der Waals surface area contributed by atoms with Crippen LogP contribution in [0.5, 0.6) is 0 Å². The predicted octanol–water partition coefficient (Wildman–Crippen LogP) is 2.28. The Morgan fingerprint density at radius 2 is 1.97 bits per heavy atom. The molecule has 2 aliphatic rings. The fraction of sp³-hybridized carbons (Fsp3) is 0.444. The Morgan fingerprint density at radius 3 is 2.73 bits per heavy atom. The Kier molecular flexibility index (Phi) is 5.99. The number of H-pyrrole nitrogens is 1. The van der Waals surface area contributed by atoms with E-state index in [9.17, 15) is 22.9 Å². The van der Waals surface area contributed by atoms with Crippen molar-refractivity contribution in [3.8, 4) is 0 Å². The molecule has 1 aromatic carbocycles. The predicted molar refractivity (Wildman–Crippen MR) is 98.9 cm³/mol. The third-order valence-corrected chi connectivity index (χ3v) is 6.34. The summed E-state index contributed by atoms with van der Waals surface area (Å²) in [6, 6.07) is 6.05. The first kappa shape index (κ1) is 21.1. The van der Waals surface area contributed by atoms with Crippen molar-refractivity contribution in [2.24, 2.45) is 0 Å². The van der Waals surface area contributed by atoms with E-state index in [0.717, 1.165) is 16.3 Å². The zero-order valence-electron chi connectivity index (χ0n) is 15.7. The molecule has 2 aromatic rings. The van der Waals surface area contributed by atoms with E-state index in [2.05, 4.69) is 0 Å². The van der Waals surface area contributed by atoms with Crippen LogP contribution in [-0.2, 0) is 29.3 Å². The minimum absolute atomic E-state index is 0.0863. The maximum absolute atomic E-state index is 13.5. The second kappa shape index (κ2) is 8.52. The van der Waals surface area contributed by atoms with Gasteiger partial charge in [-0.1, -0.05) is 12.1 Å². The highest BCUT2D eigenvalue weighted by Gasteiger charge is 2.48. The van der Waals surface area contributed by atoms with Crippen LogP contribution in [0, 0.1) is 11.6 Å². The van der Waals surface area contributed by atoms with Crippen molar-refractivity contribution in [3.05, 3.63) is 68.5 Å². The van der Waals surface area contributed by atoms with E-state index < -0.39 is 43.3 Å². The molecule has 3 heterocycles. The average molecular weight is 444 g/mol. The van der Waals surface area contributed by atoms with Gasteiger partial charge < -0.3 is 4.74 Å². The van der Waals surface area contributed by atoms with Crippen molar-refractivity contribution in [3.63, 3.8) is 0 Å². The normalized spacial score (nSPS) is 28.4. The highest BCUT2D eigenvalue weighted by Crippen LogP contribution is 2.56. The molecule has 162 valence electrons. The number of halogens is 2. The van der Waals surface area contributed by atoms with Gasteiger partial charge in [0, 0.05) is 6.42 Å². The number of ether oxygens (including phenoxy) is 1. The Labute approximate surface area is 169 Å². The molecule has 1 aromatic heterocycles. The first-order valence-electron chi connectivity index (χ1n) is 9.31. The lowest BCUT2D eigenvalue weighted by molar-refractivity contribution is -0.0724. The number of aromatic amines is 1. The van der Waals surface area contributed by atoms with Crippen molar-refractivity contribution >= 4 is 7.82 Å². The maximum atomic E-state index is 13.5. The summed E-state index contributed by atoms with van der Waals surface area (Å²) in [4.78, 5) is 24.9. The lowest BCUT2D eigenvalue weighted by Gasteiger charge is -2.29. The van der Waals surface area contributed by atoms with Crippen LogP contribution in [0.3, 0.4) is 0 Å². The van der Waals surface area contributed by atoms with Crippen LogP contribution in [0.15, 0.2) is 40.1 Å². The Bertz CT molecular complexity index is 1070. The van der Waals surface area contributed by atoms with Crippen LogP contribution in [0.25, 0.3) is 0 Å². The number of hydrogen-bond acceptors (Lipinski definition) is 7. The fourth-order valence-electron chi connectivity index (χ4n) is 3.34. The van der Waals surface area contributed by atoms with Crippen LogP contribution < -0.4 is 11.2 Å². The number of hydrogen-bond donors (Lipinski definition) is 1. The number of nitrogens with zero attached hydrogens (tertiary/aromatic N) is 1. The van der Waals surface area contributed by atoms with Crippen LogP contribution in [0.4, 0.5) is 8.78 Å². The van der Waals surface area contributed by atoms with Gasteiger partial charge in [0.15, 0.2) is 0 Å². The molecule has 2 fully saturated rings. The smallest absolute Gasteiger partial charge is 0.349 e. The van der Waals surface area contributed by atoms with Gasteiger partial charge in [-0.15, -0.1) is 0 Å². The van der Waals surface area contributed by atoms with E-state index in [-0.39, 0.29) is 25.5 Å². The van der Waals surface area contributed by atoms with Gasteiger partial charge in [-0.3, -0.25) is 27.9 Å². The summed E-state index contributed by atoms with van der Waals surface area (Å²) < 4.78 is 61.7. The second-order valence-corrected chi connectivity index (χ2v) is 8.58. The molecule has 9 nitrogen and oxygen atoms in total. The second-order valence-electron chi connectivity index (χ2n) is 6.96. The number of aromatic nitrogens is 2. The zero-order valence-corrected chi connectivity index (χ0v) is 16.6. The highest BCUT2D eigenvalue weighted by molar-refractivity contribution is 7.48. The molecule has 2 aliphatic heterocycles. The summed E-state index contributed by atoms with van der Waals surface area (Å²) >= 11 is 0. The van der Waals surface area contributed by atoms with Crippen molar-refractivity contribution in [2.75, 3.05) is 13.2 Å². The van der Waals surface area contributed by atoms with Crippen LogP contribution in [0.2, 0.25) is 0 Å². The van der Waals surface area contributed by atoms with Crippen LogP contribution >= 0.6 is 7.82 Å². The fourth-order valence-corrected chi connectivity index (χ4v) is 4.77. The van der Waals surface area contributed by atoms with Gasteiger partial charge in [0.05, 0.1) is 19.4 Å². The first-order valence-corrected chi connectivity index (χ1v) is 10.8. The third kappa shape index (κ3) is 4.60. The monoisotopic (exact) mass is 444 g/mol. The average Bonchev–Trinajstić information content (AvgIpc) is 3.12. The minimum Gasteiger partial charge on any atom is -0.349 e. The molecule has 0 bridgehead atoms. The Balaban J connectivity index is 1.32. The van der Waals surface area contributed by atoms with Crippen molar-refractivity contribution in [1.82, 2.24) is 9.55 Å². The van der Waals surface area contributed by atoms with Crippen molar-refractivity contribution in [1.29, 1.82) is 0 Å². The SMILES string of the molecule is O=c1[nH]c(=O)n([C@H]2C[C@@H]3OP(=O)(OCCCc4ccc(F)cc4)OC[C@H]3O2)cc1F. The number of phosphoric ester groups is 1. The first-order chi connectivity index (χ1) is 14.3. The van der Waals surface area contributed by atoms with Crippen molar-refractivity contribution < 1.29 is 31.7 Å². The molecule has 30 heavy (non-hydrogen) atoms. The Hall–Kier alpha value is -2.17. The number of fused-ring (bicyclic) bond motifs is 1. The lowest BCUT2D eigenvalue weighted by Crippen LogP contribution is -2.34. The molecule has 0 radical (unpaired) electrons. The minimum atomic E-state index is -3.82. The topological polar surface area (TPSA) is 109 Å². The lowest BCUT2D eigenvalue weighted by atomic mass is 10.1. The molecule has 2 saturated heterocycles. The molecular weight excluding hydrogens is 425 g/mol. The van der Waals surface area contributed by atoms with Gasteiger partial charge in [0.25, 0.3) is 5.56 Å². The Morgan fingerprint density at radius 1 is 1.20 bits per heavy atom. The van der Waals surface area contributed by atoms with E-state index in [1.54, 1.807) is 12.1 Å². The van der Waals surface area contributed by atoms with E-state index >= 15 is 0 Å². The molecule has 4 rings (SSSR count). The largest absolute Gasteiger partial charge is 0.475 e. The highest BCUT2D eigenvalue weighted by atomic mass is 31.2. The molecule has 1 N–H and O–H groups in total. The molecule has 0 spiro atoms. The van der Waals surface area contributed by atoms with E-state index in [1.807, 2.05) is 4.98 Å². The van der Waals surface area contributed by atoms with Gasteiger partial charge in [-0.05, 0) is 30.5 Å². The summed E-state index contributed by atoms with van der Waals surface area (Å²) in [5.74, 6) is -1.44. The molecular formula is C18H19F2N2O7P. The van der Waals surface area contributed by atoms with E-state index in [4.69, 9.17) is 18.3 Å². The van der Waals surface area contributed by atoms with Gasteiger partial charge in [0.2, 0.25) is 5.82 Å². The summed E-state index contributed by atoms with van der Waals surface area (Å²) in [5, 5.41) is 0. The summed E-state index contributed by atoms with van der Waals surface area (Å²) in [7, 11) is -3.82. The molecule has 4 atom stereocenters. The maximum Gasteiger partial charge on any atom is 0.475 e. The molecule has 0 saturated carbocycles. The van der Waals surface area contributed by atoms with E-state index in [1.165, 1.54) is 12.1 Å². The summed E-state index contributed by atoms with van der Waals surface area (Å²) in [5.41, 5.74) is -1.04. The molecule has 1 unspecified atom stereocenters. The quantitative estimate of drug-likeness (QED) is 0.538. The molecule has 12 heteroatoms. The number of phosphoric acid groups is 1. The molecule has 0 amide bonds. The van der Waals surface area contributed by atoms with E-state index in [0.29, 0.717) is 12.8 Å². The zero-order chi connectivity index (χ0) is 21.3. The summed E-state index contributed by atoms with van der Waals surface area (Å²) in [6.07, 6.45) is -0.250. The van der Waals surface area contributed by atoms with Gasteiger partial charge >= 0.3 is 13.5 Å². The third-order valence-electron chi connectivity index (χ3n) is 4.85. The number of nitrogens with one attached hydrogen (secondary N) is 1. The molecule has 0 aliphatic carbocycles. The van der Waals surface area contributed by atoms with Crippen LogP contribution in [-0.4, -0.2) is 35.0 Å². The number of benzene rings is 1. The number of rotatable bonds is 6. The van der Waals surface area contributed by atoms with Crippen molar-refractivity contribution in [2.45, 2.75) is 37.7 Å². The standard InChI is InChI=1S/C18H19F2N2O7P/c19-12-5-3-11(4-6-12)2-1-7-26-30(25)27-10-15-14(29-30)8-16(28-15)22-9-13(20)17(23)21-18(22)24/h3-6,9,14-16H,1-2,7-8,10H2,(H,21,23,24)/t14-,15+,16+,30?/m0/s1. The van der Waals surface area contributed by atoms with Gasteiger partial charge in [0.1, 0.15) is 24.3 Å². The summed E-state index contributed by atoms with van der Waals surface area (Å²) in [6.45, 7) is 0.0118. The van der Waals surface area contributed by atoms with Crippen LogP contribution in [0.1, 0.15) is 24.6 Å².